The zero-order valence-corrected chi connectivity index (χ0v) is 9.59. The molecule has 1 aromatic carbocycles. The Morgan fingerprint density at radius 3 is 2.33 bits per heavy atom. The predicted octanol–water partition coefficient (Wildman–Crippen LogP) is 3.53. The lowest BCUT2D eigenvalue weighted by atomic mass is 10.1. The first-order valence-electron chi connectivity index (χ1n) is 3.75. The minimum absolute atomic E-state index is 0.0162. The molecule has 0 radical (unpaired) electrons. The molecule has 7 heteroatoms. The maximum absolute atomic E-state index is 12.4. The quantitative estimate of drug-likeness (QED) is 0.449. The van der Waals surface area contributed by atoms with E-state index in [4.69, 9.17) is 0 Å². The number of hydrogen-bond acceptors (Lipinski definition) is 2. The fourth-order valence-electron chi connectivity index (χ4n) is 1.11. The largest absolute Gasteiger partial charge is 0.416 e. The van der Waals surface area contributed by atoms with E-state index < -0.39 is 22.4 Å². The highest BCUT2D eigenvalue weighted by Crippen LogP contribution is 2.35. The first kappa shape index (κ1) is 12.2. The van der Waals surface area contributed by atoms with Crippen LogP contribution in [0.3, 0.4) is 0 Å². The van der Waals surface area contributed by atoms with Gasteiger partial charge in [0.05, 0.1) is 14.1 Å². The van der Waals surface area contributed by atoms with Crippen LogP contribution in [0.15, 0.2) is 12.1 Å². The molecule has 0 N–H and O–H groups in total. The monoisotopic (exact) mass is 331 g/mol. The zero-order chi connectivity index (χ0) is 11.8. The van der Waals surface area contributed by atoms with E-state index in [-0.39, 0.29) is 9.13 Å². The summed E-state index contributed by atoms with van der Waals surface area (Å²) in [5, 5.41) is 10.4. The molecule has 0 spiro atoms. The van der Waals surface area contributed by atoms with Gasteiger partial charge in [0.2, 0.25) is 0 Å². The van der Waals surface area contributed by atoms with Crippen molar-refractivity contribution in [1.82, 2.24) is 0 Å². The molecular weight excluding hydrogens is 326 g/mol. The lowest BCUT2D eigenvalue weighted by molar-refractivity contribution is -0.386. The topological polar surface area (TPSA) is 43.1 Å². The third kappa shape index (κ3) is 2.58. The highest BCUT2D eigenvalue weighted by Gasteiger charge is 2.34. The van der Waals surface area contributed by atoms with Gasteiger partial charge in [0.1, 0.15) is 0 Å². The van der Waals surface area contributed by atoms with E-state index in [0.29, 0.717) is 6.07 Å². The molecule has 0 aromatic heterocycles. The summed E-state index contributed by atoms with van der Waals surface area (Å²) in [6.07, 6.45) is -4.56. The third-order valence-corrected chi connectivity index (χ3v) is 2.66. The van der Waals surface area contributed by atoms with Gasteiger partial charge in [-0.1, -0.05) is 0 Å². The number of nitro benzene ring substituents is 1. The second kappa shape index (κ2) is 3.95. The predicted molar refractivity (Wildman–Crippen MR) is 55.6 cm³/mol. The number of aryl methyl sites for hydroxylation is 1. The van der Waals surface area contributed by atoms with Crippen molar-refractivity contribution in [2.75, 3.05) is 0 Å². The van der Waals surface area contributed by atoms with Crippen LogP contribution in [0.4, 0.5) is 18.9 Å². The summed E-state index contributed by atoms with van der Waals surface area (Å²) in [6, 6.07) is 1.72. The van der Waals surface area contributed by atoms with E-state index in [1.54, 1.807) is 22.6 Å². The summed E-state index contributed by atoms with van der Waals surface area (Å²) in [4.78, 5) is 9.62. The van der Waals surface area contributed by atoms with Crippen LogP contribution in [-0.2, 0) is 6.18 Å². The number of hydrogen-bond donors (Lipinski definition) is 0. The molecule has 0 aliphatic heterocycles. The number of nitrogens with zero attached hydrogens (tertiary/aromatic N) is 1. The lowest BCUT2D eigenvalue weighted by Gasteiger charge is -2.10. The van der Waals surface area contributed by atoms with Gasteiger partial charge in [0.25, 0.3) is 5.69 Å². The second-order valence-electron chi connectivity index (χ2n) is 2.87. The Kier molecular flexibility index (Phi) is 3.22. The summed E-state index contributed by atoms with van der Waals surface area (Å²) >= 11 is 1.64. The highest BCUT2D eigenvalue weighted by molar-refractivity contribution is 14.1. The average molecular weight is 331 g/mol. The summed E-state index contributed by atoms with van der Waals surface area (Å²) in [5.41, 5.74) is -1.50. The smallest absolute Gasteiger partial charge is 0.258 e. The number of alkyl halides is 3. The molecule has 3 nitrogen and oxygen atoms in total. The first-order valence-corrected chi connectivity index (χ1v) is 4.83. The van der Waals surface area contributed by atoms with Crippen LogP contribution in [0, 0.1) is 20.6 Å². The van der Waals surface area contributed by atoms with Gasteiger partial charge >= 0.3 is 6.18 Å². The fraction of sp³-hybridized carbons (Fsp3) is 0.250. The van der Waals surface area contributed by atoms with Crippen LogP contribution in [0.5, 0.6) is 0 Å². The zero-order valence-electron chi connectivity index (χ0n) is 7.43. The van der Waals surface area contributed by atoms with Crippen molar-refractivity contribution in [3.8, 4) is 0 Å². The van der Waals surface area contributed by atoms with Gasteiger partial charge in [-0.15, -0.1) is 0 Å². The van der Waals surface area contributed by atoms with Crippen molar-refractivity contribution >= 4 is 28.3 Å². The minimum atomic E-state index is -4.56. The van der Waals surface area contributed by atoms with Gasteiger partial charge in [-0.05, 0) is 41.1 Å². The van der Waals surface area contributed by atoms with Crippen molar-refractivity contribution in [1.29, 1.82) is 0 Å². The number of benzene rings is 1. The van der Waals surface area contributed by atoms with Crippen LogP contribution >= 0.6 is 22.6 Å². The van der Waals surface area contributed by atoms with E-state index >= 15 is 0 Å². The Morgan fingerprint density at radius 2 is 1.93 bits per heavy atom. The SMILES string of the molecule is Cc1cc(I)c([N+](=O)[O-])cc1C(F)(F)F. The Morgan fingerprint density at radius 1 is 1.40 bits per heavy atom. The van der Waals surface area contributed by atoms with Gasteiger partial charge in [-0.3, -0.25) is 10.1 Å². The molecular formula is C8H5F3INO2. The van der Waals surface area contributed by atoms with Crippen molar-refractivity contribution in [2.24, 2.45) is 0 Å². The van der Waals surface area contributed by atoms with Crippen molar-refractivity contribution in [3.63, 3.8) is 0 Å². The van der Waals surface area contributed by atoms with E-state index in [0.717, 1.165) is 6.07 Å². The van der Waals surface area contributed by atoms with Crippen LogP contribution in [0.1, 0.15) is 11.1 Å². The molecule has 0 amide bonds. The van der Waals surface area contributed by atoms with Gasteiger partial charge in [0, 0.05) is 6.07 Å². The van der Waals surface area contributed by atoms with Crippen LogP contribution in [0.2, 0.25) is 0 Å². The van der Waals surface area contributed by atoms with Crippen molar-refractivity contribution < 1.29 is 18.1 Å². The molecule has 0 saturated carbocycles. The van der Waals surface area contributed by atoms with Crippen molar-refractivity contribution in [2.45, 2.75) is 13.1 Å². The van der Waals surface area contributed by atoms with Crippen LogP contribution < -0.4 is 0 Å². The standard InChI is InChI=1S/C8H5F3INO2/c1-4-2-6(12)7(13(14)15)3-5(4)8(9,10)11/h2-3H,1H3. The van der Waals surface area contributed by atoms with Gasteiger partial charge in [-0.2, -0.15) is 13.2 Å². The molecule has 0 bridgehead atoms. The Balaban J connectivity index is 3.43. The Hall–Kier alpha value is -0.860. The van der Waals surface area contributed by atoms with Crippen LogP contribution in [-0.4, -0.2) is 4.92 Å². The number of halogens is 4. The minimum Gasteiger partial charge on any atom is -0.258 e. The number of nitro groups is 1. The average Bonchev–Trinajstić information content (AvgIpc) is 2.00. The second-order valence-corrected chi connectivity index (χ2v) is 4.04. The first-order chi connectivity index (χ1) is 6.73. The lowest BCUT2D eigenvalue weighted by Crippen LogP contribution is -2.09. The van der Waals surface area contributed by atoms with E-state index in [9.17, 15) is 23.3 Å². The summed E-state index contributed by atoms with van der Waals surface area (Å²) in [7, 11) is 0. The Labute approximate surface area is 96.6 Å². The van der Waals surface area contributed by atoms with E-state index in [1.807, 2.05) is 0 Å². The molecule has 1 aromatic rings. The molecule has 0 heterocycles. The van der Waals surface area contributed by atoms with E-state index in [2.05, 4.69) is 0 Å². The molecule has 82 valence electrons. The molecule has 0 saturated heterocycles. The van der Waals surface area contributed by atoms with Gasteiger partial charge < -0.3 is 0 Å². The maximum atomic E-state index is 12.4. The summed E-state index contributed by atoms with van der Waals surface area (Å²) < 4.78 is 37.4. The molecule has 0 aliphatic carbocycles. The normalized spacial score (nSPS) is 11.5. The Bertz CT molecular complexity index is 417. The summed E-state index contributed by atoms with van der Waals surface area (Å²) in [6.45, 7) is 1.27. The maximum Gasteiger partial charge on any atom is 0.416 e. The third-order valence-electron chi connectivity index (χ3n) is 1.80. The van der Waals surface area contributed by atoms with Crippen molar-refractivity contribution in [3.05, 3.63) is 36.9 Å². The van der Waals surface area contributed by atoms with Crippen LogP contribution in [0.25, 0.3) is 0 Å². The number of rotatable bonds is 1. The molecule has 1 rings (SSSR count). The molecule has 0 atom stereocenters. The van der Waals surface area contributed by atoms with Gasteiger partial charge in [0.15, 0.2) is 0 Å². The molecule has 0 unspecified atom stereocenters. The molecule has 15 heavy (non-hydrogen) atoms. The molecule has 0 fully saturated rings. The van der Waals surface area contributed by atoms with Gasteiger partial charge in [-0.25, -0.2) is 0 Å². The van der Waals surface area contributed by atoms with E-state index in [1.165, 1.54) is 6.92 Å². The highest BCUT2D eigenvalue weighted by atomic mass is 127. The molecule has 0 aliphatic rings. The fourth-order valence-corrected chi connectivity index (χ4v) is 1.93. The summed E-state index contributed by atoms with van der Waals surface area (Å²) in [5.74, 6) is 0.